The van der Waals surface area contributed by atoms with E-state index in [4.69, 9.17) is 11.5 Å². The zero-order valence-electron chi connectivity index (χ0n) is 16.5. The average Bonchev–Trinajstić information content (AvgIpc) is 3.12. The first-order chi connectivity index (χ1) is 13.5. The van der Waals surface area contributed by atoms with Gasteiger partial charge in [-0.25, -0.2) is 4.79 Å². The molecule has 0 aromatic heterocycles. The number of carboxylic acid groups (broad SMARTS) is 1. The Labute approximate surface area is 174 Å². The topological polar surface area (TPSA) is 185 Å². The van der Waals surface area contributed by atoms with Crippen LogP contribution in [-0.2, 0) is 24.0 Å². The summed E-state index contributed by atoms with van der Waals surface area (Å²) >= 11 is 4.10. The Balaban J connectivity index is 2.83. The Morgan fingerprint density at radius 3 is 2.28 bits per heavy atom. The third-order valence-electron chi connectivity index (χ3n) is 4.62. The van der Waals surface area contributed by atoms with Gasteiger partial charge < -0.3 is 32.1 Å². The van der Waals surface area contributed by atoms with Crippen LogP contribution in [0.3, 0.4) is 0 Å². The number of rotatable bonds is 10. The molecule has 12 heteroatoms. The third kappa shape index (κ3) is 6.89. The van der Waals surface area contributed by atoms with E-state index in [2.05, 4.69) is 23.3 Å². The van der Waals surface area contributed by atoms with E-state index in [1.54, 1.807) is 13.8 Å². The number of hydrogen-bond acceptors (Lipinski definition) is 7. The number of amides is 4. The second-order valence-electron chi connectivity index (χ2n) is 7.28. The Bertz CT molecular complexity index is 658. The van der Waals surface area contributed by atoms with Gasteiger partial charge in [0.05, 0.1) is 12.5 Å². The minimum atomic E-state index is -1.20. The number of nitrogens with one attached hydrogen (secondary N) is 2. The van der Waals surface area contributed by atoms with Gasteiger partial charge in [0.25, 0.3) is 0 Å². The largest absolute Gasteiger partial charge is 0.480 e. The molecular formula is C17H29N5O6S. The molecule has 4 unspecified atom stereocenters. The lowest BCUT2D eigenvalue weighted by atomic mass is 10.0. The molecule has 1 aliphatic rings. The van der Waals surface area contributed by atoms with Crippen molar-refractivity contribution < 1.29 is 29.1 Å². The molecule has 0 spiro atoms. The van der Waals surface area contributed by atoms with Gasteiger partial charge in [0.2, 0.25) is 23.6 Å². The first-order valence-electron chi connectivity index (χ1n) is 9.28. The number of thiol groups is 1. The van der Waals surface area contributed by atoms with Crippen molar-refractivity contribution in [1.82, 2.24) is 15.5 Å². The van der Waals surface area contributed by atoms with E-state index in [0.29, 0.717) is 12.8 Å². The molecule has 4 amide bonds. The van der Waals surface area contributed by atoms with Crippen molar-refractivity contribution in [2.45, 2.75) is 57.3 Å². The summed E-state index contributed by atoms with van der Waals surface area (Å²) in [5, 5.41) is 14.2. The van der Waals surface area contributed by atoms with Gasteiger partial charge in [-0.15, -0.1) is 0 Å². The first kappa shape index (κ1) is 24.7. The molecular weight excluding hydrogens is 402 g/mol. The van der Waals surface area contributed by atoms with Crippen molar-refractivity contribution in [2.75, 3.05) is 12.3 Å². The minimum Gasteiger partial charge on any atom is -0.480 e. The molecule has 1 fully saturated rings. The van der Waals surface area contributed by atoms with E-state index in [9.17, 15) is 29.1 Å². The molecule has 29 heavy (non-hydrogen) atoms. The summed E-state index contributed by atoms with van der Waals surface area (Å²) in [5.74, 6) is -4.16. The number of primary amides is 1. The highest BCUT2D eigenvalue weighted by molar-refractivity contribution is 7.80. The number of carbonyl (C=O) groups excluding carboxylic acids is 4. The van der Waals surface area contributed by atoms with Crippen LogP contribution in [0.15, 0.2) is 0 Å². The van der Waals surface area contributed by atoms with Crippen LogP contribution in [0, 0.1) is 5.92 Å². The molecule has 1 saturated heterocycles. The van der Waals surface area contributed by atoms with Crippen LogP contribution >= 0.6 is 12.6 Å². The summed E-state index contributed by atoms with van der Waals surface area (Å²) in [5.41, 5.74) is 10.6. The van der Waals surface area contributed by atoms with Crippen LogP contribution in [0.25, 0.3) is 0 Å². The van der Waals surface area contributed by atoms with Gasteiger partial charge in [-0.3, -0.25) is 19.2 Å². The summed E-state index contributed by atoms with van der Waals surface area (Å²) in [6, 6.07) is -4.22. The van der Waals surface area contributed by atoms with Crippen molar-refractivity contribution in [3.8, 4) is 0 Å². The number of nitrogens with zero attached hydrogens (tertiary/aromatic N) is 1. The van der Waals surface area contributed by atoms with E-state index >= 15 is 0 Å². The number of nitrogens with two attached hydrogens (primary N) is 2. The van der Waals surface area contributed by atoms with E-state index in [1.165, 1.54) is 4.90 Å². The molecule has 0 aromatic carbocycles. The molecule has 1 aliphatic heterocycles. The maximum atomic E-state index is 12.7. The van der Waals surface area contributed by atoms with Crippen molar-refractivity contribution in [3.63, 3.8) is 0 Å². The van der Waals surface area contributed by atoms with E-state index in [-0.39, 0.29) is 24.6 Å². The summed E-state index contributed by atoms with van der Waals surface area (Å²) in [6.07, 6.45) is 0.524. The second kappa shape index (κ2) is 11.0. The van der Waals surface area contributed by atoms with Gasteiger partial charge in [-0.1, -0.05) is 13.8 Å². The van der Waals surface area contributed by atoms with Crippen LogP contribution in [0.1, 0.15) is 33.1 Å². The molecule has 0 bridgehead atoms. The fraction of sp³-hybridized carbons (Fsp3) is 0.706. The van der Waals surface area contributed by atoms with Gasteiger partial charge in [0.1, 0.15) is 18.1 Å². The van der Waals surface area contributed by atoms with Gasteiger partial charge in [0.15, 0.2) is 0 Å². The summed E-state index contributed by atoms with van der Waals surface area (Å²) in [4.78, 5) is 61.0. The Hall–Kier alpha value is -2.34. The number of hydrogen-bond donors (Lipinski definition) is 6. The van der Waals surface area contributed by atoms with Crippen molar-refractivity contribution in [2.24, 2.45) is 17.4 Å². The average molecular weight is 432 g/mol. The van der Waals surface area contributed by atoms with Crippen LogP contribution in [0.4, 0.5) is 0 Å². The fourth-order valence-corrected chi connectivity index (χ4v) is 3.29. The van der Waals surface area contributed by atoms with Crippen LogP contribution in [0.5, 0.6) is 0 Å². The predicted octanol–water partition coefficient (Wildman–Crippen LogP) is -2.18. The van der Waals surface area contributed by atoms with Crippen molar-refractivity contribution >= 4 is 42.2 Å². The molecule has 0 aliphatic carbocycles. The van der Waals surface area contributed by atoms with Crippen LogP contribution < -0.4 is 22.1 Å². The molecule has 7 N–H and O–H groups in total. The summed E-state index contributed by atoms with van der Waals surface area (Å²) in [6.45, 7) is 3.65. The number of carboxylic acids is 1. The van der Waals surface area contributed by atoms with Gasteiger partial charge in [-0.2, -0.15) is 12.6 Å². The highest BCUT2D eigenvalue weighted by Crippen LogP contribution is 2.19. The lowest BCUT2D eigenvalue weighted by Gasteiger charge is -2.29. The maximum Gasteiger partial charge on any atom is 0.326 e. The Morgan fingerprint density at radius 1 is 1.17 bits per heavy atom. The summed E-state index contributed by atoms with van der Waals surface area (Å²) < 4.78 is 0. The molecule has 1 heterocycles. The normalized spacial score (nSPS) is 19.3. The molecule has 4 atom stereocenters. The van der Waals surface area contributed by atoms with Gasteiger partial charge >= 0.3 is 5.97 Å². The monoisotopic (exact) mass is 431 g/mol. The second-order valence-corrected chi connectivity index (χ2v) is 7.64. The number of carbonyl (C=O) groups is 5. The fourth-order valence-electron chi connectivity index (χ4n) is 3.04. The number of likely N-dealkylation sites (tertiary alicyclic amines) is 1. The summed E-state index contributed by atoms with van der Waals surface area (Å²) in [7, 11) is 0. The highest BCUT2D eigenvalue weighted by Gasteiger charge is 2.38. The molecule has 11 nitrogen and oxygen atoms in total. The third-order valence-corrected chi connectivity index (χ3v) is 4.99. The highest BCUT2D eigenvalue weighted by atomic mass is 32.1. The quantitative estimate of drug-likeness (QED) is 0.212. The lowest BCUT2D eigenvalue weighted by molar-refractivity contribution is -0.149. The van der Waals surface area contributed by atoms with E-state index in [0.717, 1.165) is 0 Å². The minimum absolute atomic E-state index is 0.0483. The van der Waals surface area contributed by atoms with E-state index < -0.39 is 53.8 Å². The molecule has 1 rings (SSSR count). The van der Waals surface area contributed by atoms with Gasteiger partial charge in [-0.05, 0) is 18.8 Å². The smallest absolute Gasteiger partial charge is 0.326 e. The predicted molar refractivity (Wildman–Crippen MR) is 107 cm³/mol. The van der Waals surface area contributed by atoms with E-state index in [1.807, 2.05) is 0 Å². The number of aliphatic carboxylic acids is 1. The molecule has 0 aromatic rings. The Kier molecular flexibility index (Phi) is 9.37. The lowest BCUT2D eigenvalue weighted by Crippen LogP contribution is -2.59. The van der Waals surface area contributed by atoms with Gasteiger partial charge in [0, 0.05) is 12.3 Å². The molecule has 0 saturated carbocycles. The van der Waals surface area contributed by atoms with Crippen molar-refractivity contribution in [3.05, 3.63) is 0 Å². The molecule has 164 valence electrons. The molecule has 0 radical (unpaired) electrons. The van der Waals surface area contributed by atoms with Crippen LogP contribution in [0.2, 0.25) is 0 Å². The SMILES string of the molecule is CC(C)C(NC(=O)C(N)CC(N)=O)C(=O)NC(CS)C(=O)N1CCCC1C(=O)O. The zero-order valence-corrected chi connectivity index (χ0v) is 17.4. The van der Waals surface area contributed by atoms with Crippen LogP contribution in [-0.4, -0.2) is 76.1 Å². The first-order valence-corrected chi connectivity index (χ1v) is 9.91. The maximum absolute atomic E-state index is 12.7. The zero-order chi connectivity index (χ0) is 22.3. The standard InChI is InChI=1S/C17H29N5O6S/c1-8(2)13(21-14(24)9(18)6-12(19)23)15(25)20-10(7-29)16(26)22-5-3-4-11(22)17(27)28/h8-11,13,29H,3-7,18H2,1-2H3,(H2,19,23)(H,20,25)(H,21,24)(H,27,28). The Morgan fingerprint density at radius 2 is 1.79 bits per heavy atom. The van der Waals surface area contributed by atoms with Crippen molar-refractivity contribution in [1.29, 1.82) is 0 Å².